The lowest BCUT2D eigenvalue weighted by Gasteiger charge is -2.35. The van der Waals surface area contributed by atoms with Crippen LogP contribution in [0.15, 0.2) is 42.6 Å². The van der Waals surface area contributed by atoms with Gasteiger partial charge in [-0.3, -0.25) is 9.69 Å². The van der Waals surface area contributed by atoms with Crippen LogP contribution in [0.3, 0.4) is 0 Å². The Hall–Kier alpha value is -2.80. The number of hydrogen-bond acceptors (Lipinski definition) is 6. The Bertz CT molecular complexity index is 746. The van der Waals surface area contributed by atoms with Crippen LogP contribution in [0.4, 0.5) is 11.5 Å². The van der Waals surface area contributed by atoms with Crippen molar-refractivity contribution in [2.24, 2.45) is 0 Å². The first-order valence-electron chi connectivity index (χ1n) is 9.10. The lowest BCUT2D eigenvalue weighted by molar-refractivity contribution is -0.116. The van der Waals surface area contributed by atoms with E-state index in [2.05, 4.69) is 20.1 Å². The molecular weight excluding hydrogens is 344 g/mol. The van der Waals surface area contributed by atoms with E-state index in [1.807, 2.05) is 24.4 Å². The quantitative estimate of drug-likeness (QED) is 0.806. The molecule has 0 aliphatic carbocycles. The summed E-state index contributed by atoms with van der Waals surface area (Å²) in [6.45, 7) is 4.41. The summed E-state index contributed by atoms with van der Waals surface area (Å²) < 4.78 is 10.5. The fraction of sp³-hybridized carbons (Fsp3) is 0.400. The van der Waals surface area contributed by atoms with Crippen LogP contribution < -0.4 is 19.7 Å². The Morgan fingerprint density at radius 2 is 1.93 bits per heavy atom. The second-order valence-corrected chi connectivity index (χ2v) is 6.38. The highest BCUT2D eigenvalue weighted by Gasteiger charge is 2.18. The van der Waals surface area contributed by atoms with E-state index in [0.29, 0.717) is 23.6 Å². The topological polar surface area (TPSA) is 66.9 Å². The average Bonchev–Trinajstić information content (AvgIpc) is 2.73. The minimum absolute atomic E-state index is 0.0336. The second kappa shape index (κ2) is 9.23. The number of anilines is 2. The number of ether oxygens (including phenoxy) is 2. The molecule has 0 radical (unpaired) electrons. The lowest BCUT2D eigenvalue weighted by atomic mass is 10.2. The maximum atomic E-state index is 12.4. The van der Waals surface area contributed by atoms with Gasteiger partial charge >= 0.3 is 0 Å². The molecule has 1 N–H and O–H groups in total. The van der Waals surface area contributed by atoms with Gasteiger partial charge in [0.05, 0.1) is 19.9 Å². The number of benzene rings is 1. The summed E-state index contributed by atoms with van der Waals surface area (Å²) >= 11 is 0. The largest absolute Gasteiger partial charge is 0.497 e. The van der Waals surface area contributed by atoms with Gasteiger partial charge < -0.3 is 19.7 Å². The van der Waals surface area contributed by atoms with Crippen molar-refractivity contribution in [1.82, 2.24) is 9.88 Å². The lowest BCUT2D eigenvalue weighted by Crippen LogP contribution is -2.47. The molecule has 2 aromatic rings. The molecule has 0 unspecified atom stereocenters. The van der Waals surface area contributed by atoms with Crippen LogP contribution in [-0.4, -0.2) is 62.7 Å². The van der Waals surface area contributed by atoms with E-state index in [4.69, 9.17) is 9.47 Å². The van der Waals surface area contributed by atoms with Crippen molar-refractivity contribution in [3.05, 3.63) is 42.6 Å². The standard InChI is InChI=1S/C20H26N4O3/c1-26-16-6-7-18(27-2)17(15-16)22-20(25)8-10-23-11-13-24(14-12-23)19-5-3-4-9-21-19/h3-7,9,15H,8,10-14H2,1-2H3,(H,22,25). The molecule has 1 saturated heterocycles. The first-order chi connectivity index (χ1) is 13.2. The van der Waals surface area contributed by atoms with Crippen LogP contribution in [0.25, 0.3) is 0 Å². The smallest absolute Gasteiger partial charge is 0.225 e. The number of carbonyl (C=O) groups excluding carboxylic acids is 1. The maximum Gasteiger partial charge on any atom is 0.225 e. The Morgan fingerprint density at radius 3 is 2.59 bits per heavy atom. The third-order valence-corrected chi connectivity index (χ3v) is 4.68. The van der Waals surface area contributed by atoms with Crippen molar-refractivity contribution in [3.8, 4) is 11.5 Å². The van der Waals surface area contributed by atoms with Gasteiger partial charge in [-0.2, -0.15) is 0 Å². The number of nitrogens with zero attached hydrogens (tertiary/aromatic N) is 3. The molecule has 7 nitrogen and oxygen atoms in total. The molecule has 27 heavy (non-hydrogen) atoms. The maximum absolute atomic E-state index is 12.4. The molecule has 1 aliphatic rings. The van der Waals surface area contributed by atoms with Crippen LogP contribution in [0.1, 0.15) is 6.42 Å². The fourth-order valence-electron chi connectivity index (χ4n) is 3.13. The van der Waals surface area contributed by atoms with Crippen molar-refractivity contribution in [3.63, 3.8) is 0 Å². The third-order valence-electron chi connectivity index (χ3n) is 4.68. The van der Waals surface area contributed by atoms with Crippen molar-refractivity contribution in [1.29, 1.82) is 0 Å². The Kier molecular flexibility index (Phi) is 6.49. The third kappa shape index (κ3) is 5.10. The van der Waals surface area contributed by atoms with Crippen LogP contribution in [0.2, 0.25) is 0 Å². The highest BCUT2D eigenvalue weighted by Crippen LogP contribution is 2.29. The number of methoxy groups -OCH3 is 2. The fourth-order valence-corrected chi connectivity index (χ4v) is 3.13. The van der Waals surface area contributed by atoms with Crippen molar-refractivity contribution in [2.45, 2.75) is 6.42 Å². The number of carbonyl (C=O) groups is 1. The van der Waals surface area contributed by atoms with Crippen molar-refractivity contribution >= 4 is 17.4 Å². The molecule has 0 spiro atoms. The number of pyridine rings is 1. The van der Waals surface area contributed by atoms with E-state index in [0.717, 1.165) is 38.5 Å². The summed E-state index contributed by atoms with van der Waals surface area (Å²) in [5.74, 6) is 2.28. The molecule has 1 aromatic carbocycles. The molecule has 0 saturated carbocycles. The zero-order valence-corrected chi connectivity index (χ0v) is 15.9. The van der Waals surface area contributed by atoms with E-state index in [-0.39, 0.29) is 5.91 Å². The van der Waals surface area contributed by atoms with Gasteiger partial charge in [0.1, 0.15) is 17.3 Å². The first kappa shape index (κ1) is 19.0. The molecule has 3 rings (SSSR count). The van der Waals surface area contributed by atoms with E-state index < -0.39 is 0 Å². The average molecular weight is 370 g/mol. The van der Waals surface area contributed by atoms with Crippen molar-refractivity contribution in [2.75, 3.05) is 57.2 Å². The Labute approximate surface area is 159 Å². The molecular formula is C20H26N4O3. The first-order valence-corrected chi connectivity index (χ1v) is 9.10. The molecule has 1 aliphatic heterocycles. The van der Waals surface area contributed by atoms with Gasteiger partial charge in [0, 0.05) is 51.4 Å². The summed E-state index contributed by atoms with van der Waals surface area (Å²) in [6, 6.07) is 11.3. The summed E-state index contributed by atoms with van der Waals surface area (Å²) in [4.78, 5) is 21.3. The van der Waals surface area contributed by atoms with Gasteiger partial charge in [0.15, 0.2) is 0 Å². The highest BCUT2D eigenvalue weighted by molar-refractivity contribution is 5.92. The SMILES string of the molecule is COc1ccc(OC)c(NC(=O)CCN2CCN(c3ccccn3)CC2)c1. The molecule has 0 atom stereocenters. The van der Waals surface area contributed by atoms with Crippen LogP contribution >= 0.6 is 0 Å². The zero-order chi connectivity index (χ0) is 19.1. The minimum Gasteiger partial charge on any atom is -0.497 e. The summed E-state index contributed by atoms with van der Waals surface area (Å²) in [6.07, 6.45) is 2.25. The molecule has 1 amide bonds. The predicted octanol–water partition coefficient (Wildman–Crippen LogP) is 2.25. The molecule has 1 fully saturated rings. The van der Waals surface area contributed by atoms with Gasteiger partial charge in [-0.05, 0) is 24.3 Å². The van der Waals surface area contributed by atoms with Crippen molar-refractivity contribution < 1.29 is 14.3 Å². The van der Waals surface area contributed by atoms with Crippen LogP contribution in [-0.2, 0) is 4.79 Å². The molecule has 7 heteroatoms. The summed E-state index contributed by atoms with van der Waals surface area (Å²) in [5.41, 5.74) is 0.627. The minimum atomic E-state index is -0.0336. The van der Waals surface area contributed by atoms with Gasteiger partial charge in [0.2, 0.25) is 5.91 Å². The van der Waals surface area contributed by atoms with E-state index in [9.17, 15) is 4.79 Å². The second-order valence-electron chi connectivity index (χ2n) is 6.38. The zero-order valence-electron chi connectivity index (χ0n) is 15.9. The predicted molar refractivity (Wildman–Crippen MR) is 106 cm³/mol. The Balaban J connectivity index is 1.46. The van der Waals surface area contributed by atoms with E-state index in [1.165, 1.54) is 0 Å². The number of aromatic nitrogens is 1. The molecule has 0 bridgehead atoms. The van der Waals surface area contributed by atoms with Gasteiger partial charge in [-0.25, -0.2) is 4.98 Å². The van der Waals surface area contributed by atoms with Crippen LogP contribution in [0.5, 0.6) is 11.5 Å². The molecule has 1 aromatic heterocycles. The van der Waals surface area contributed by atoms with E-state index in [1.54, 1.807) is 32.4 Å². The summed E-state index contributed by atoms with van der Waals surface area (Å²) in [5, 5.41) is 2.92. The monoisotopic (exact) mass is 370 g/mol. The van der Waals surface area contributed by atoms with Gasteiger partial charge in [-0.15, -0.1) is 0 Å². The molecule has 144 valence electrons. The number of nitrogens with one attached hydrogen (secondary N) is 1. The normalized spacial score (nSPS) is 14.7. The molecule has 2 heterocycles. The summed E-state index contributed by atoms with van der Waals surface area (Å²) in [7, 11) is 3.18. The number of piperazine rings is 1. The van der Waals surface area contributed by atoms with Gasteiger partial charge in [0.25, 0.3) is 0 Å². The van der Waals surface area contributed by atoms with E-state index >= 15 is 0 Å². The van der Waals surface area contributed by atoms with Gasteiger partial charge in [-0.1, -0.05) is 6.07 Å². The number of hydrogen-bond donors (Lipinski definition) is 1. The Morgan fingerprint density at radius 1 is 1.11 bits per heavy atom. The van der Waals surface area contributed by atoms with Crippen LogP contribution in [0, 0.1) is 0 Å². The number of rotatable bonds is 7. The number of amides is 1. The highest BCUT2D eigenvalue weighted by atomic mass is 16.5.